The molecule has 3 unspecified atom stereocenters. The minimum absolute atomic E-state index is 0.654. The molecule has 1 heterocycles. The van der Waals surface area contributed by atoms with Crippen LogP contribution in [-0.4, -0.2) is 30.1 Å². The highest BCUT2D eigenvalue weighted by atomic mass is 15.2. The summed E-state index contributed by atoms with van der Waals surface area (Å²) in [6, 6.07) is 1.54. The second-order valence-corrected chi connectivity index (χ2v) is 4.94. The maximum atomic E-state index is 5.86. The molecular weight excluding hydrogens is 172 g/mol. The first kappa shape index (κ1) is 10.4. The van der Waals surface area contributed by atoms with E-state index in [2.05, 4.69) is 11.8 Å². The Bertz CT molecular complexity index is 177. The third-order valence-corrected chi connectivity index (χ3v) is 4.25. The Morgan fingerprint density at radius 2 is 2.07 bits per heavy atom. The molecular formula is C12H24N2. The van der Waals surface area contributed by atoms with E-state index in [1.807, 2.05) is 0 Å². The van der Waals surface area contributed by atoms with Gasteiger partial charge in [0.25, 0.3) is 0 Å². The maximum absolute atomic E-state index is 5.86. The Hall–Kier alpha value is -0.0800. The zero-order valence-electron chi connectivity index (χ0n) is 9.41. The van der Waals surface area contributed by atoms with E-state index >= 15 is 0 Å². The van der Waals surface area contributed by atoms with Gasteiger partial charge in [-0.25, -0.2) is 0 Å². The quantitative estimate of drug-likeness (QED) is 0.748. The zero-order valence-corrected chi connectivity index (χ0v) is 9.41. The second kappa shape index (κ2) is 4.63. The number of nitrogens with zero attached hydrogens (tertiary/aromatic N) is 1. The van der Waals surface area contributed by atoms with Crippen molar-refractivity contribution in [2.75, 3.05) is 13.1 Å². The molecule has 1 saturated carbocycles. The van der Waals surface area contributed by atoms with Gasteiger partial charge in [-0.3, -0.25) is 4.90 Å². The zero-order chi connectivity index (χ0) is 9.97. The molecule has 1 saturated heterocycles. The number of likely N-dealkylation sites (tertiary alicyclic amines) is 1. The van der Waals surface area contributed by atoms with E-state index < -0.39 is 0 Å². The lowest BCUT2D eigenvalue weighted by Gasteiger charge is -2.42. The summed E-state index contributed by atoms with van der Waals surface area (Å²) < 4.78 is 0. The Balaban J connectivity index is 2.01. The summed E-state index contributed by atoms with van der Waals surface area (Å²) in [5.41, 5.74) is 5.86. The largest absolute Gasteiger partial charge is 0.329 e. The number of hydrogen-bond acceptors (Lipinski definition) is 2. The van der Waals surface area contributed by atoms with Gasteiger partial charge in [0, 0.05) is 18.6 Å². The molecule has 14 heavy (non-hydrogen) atoms. The van der Waals surface area contributed by atoms with E-state index in [-0.39, 0.29) is 0 Å². The molecule has 2 nitrogen and oxygen atoms in total. The SMILES string of the molecule is CCC(CN)N1CCCC2CCCC21. The van der Waals surface area contributed by atoms with Crippen LogP contribution in [0.5, 0.6) is 0 Å². The highest BCUT2D eigenvalue weighted by molar-refractivity contribution is 4.91. The summed E-state index contributed by atoms with van der Waals surface area (Å²) in [4.78, 5) is 2.72. The van der Waals surface area contributed by atoms with E-state index in [4.69, 9.17) is 5.73 Å². The minimum atomic E-state index is 0.654. The van der Waals surface area contributed by atoms with Crippen molar-refractivity contribution in [3.05, 3.63) is 0 Å². The van der Waals surface area contributed by atoms with Crippen LogP contribution in [-0.2, 0) is 0 Å². The average Bonchev–Trinajstić information content (AvgIpc) is 2.68. The first-order valence-corrected chi connectivity index (χ1v) is 6.32. The van der Waals surface area contributed by atoms with Crippen molar-refractivity contribution in [1.29, 1.82) is 0 Å². The van der Waals surface area contributed by atoms with Crippen molar-refractivity contribution in [3.63, 3.8) is 0 Å². The van der Waals surface area contributed by atoms with Crippen LogP contribution >= 0.6 is 0 Å². The molecule has 0 aromatic carbocycles. The fraction of sp³-hybridized carbons (Fsp3) is 1.00. The number of fused-ring (bicyclic) bond motifs is 1. The Labute approximate surface area is 87.8 Å². The highest BCUT2D eigenvalue weighted by Gasteiger charge is 2.36. The smallest absolute Gasteiger partial charge is 0.0218 e. The van der Waals surface area contributed by atoms with E-state index in [9.17, 15) is 0 Å². The van der Waals surface area contributed by atoms with Gasteiger partial charge < -0.3 is 5.73 Å². The molecule has 1 aliphatic carbocycles. The molecule has 0 bridgehead atoms. The summed E-state index contributed by atoms with van der Waals surface area (Å²) >= 11 is 0. The van der Waals surface area contributed by atoms with Crippen molar-refractivity contribution in [1.82, 2.24) is 4.90 Å². The number of piperidine rings is 1. The first-order valence-electron chi connectivity index (χ1n) is 6.32. The van der Waals surface area contributed by atoms with Crippen LogP contribution in [0.25, 0.3) is 0 Å². The first-order chi connectivity index (χ1) is 6.86. The van der Waals surface area contributed by atoms with Gasteiger partial charge in [0.1, 0.15) is 0 Å². The molecule has 2 heteroatoms. The number of hydrogen-bond donors (Lipinski definition) is 1. The normalized spacial score (nSPS) is 35.6. The van der Waals surface area contributed by atoms with Crippen molar-refractivity contribution >= 4 is 0 Å². The predicted octanol–water partition coefficient (Wildman–Crippen LogP) is 1.99. The summed E-state index contributed by atoms with van der Waals surface area (Å²) in [5.74, 6) is 1.00. The van der Waals surface area contributed by atoms with Crippen molar-refractivity contribution in [2.45, 2.75) is 57.5 Å². The summed E-state index contributed by atoms with van der Waals surface area (Å²) in [6.07, 6.45) is 8.45. The van der Waals surface area contributed by atoms with Gasteiger partial charge in [-0.2, -0.15) is 0 Å². The monoisotopic (exact) mass is 196 g/mol. The van der Waals surface area contributed by atoms with Crippen molar-refractivity contribution in [2.24, 2.45) is 11.7 Å². The molecule has 0 aromatic rings. The Morgan fingerprint density at radius 3 is 2.79 bits per heavy atom. The van der Waals surface area contributed by atoms with Gasteiger partial charge in [0.2, 0.25) is 0 Å². The molecule has 1 aliphatic heterocycles. The van der Waals surface area contributed by atoms with Gasteiger partial charge >= 0.3 is 0 Å². The van der Waals surface area contributed by atoms with Gasteiger partial charge in [0.15, 0.2) is 0 Å². The lowest BCUT2D eigenvalue weighted by Crippen LogP contribution is -2.50. The van der Waals surface area contributed by atoms with Gasteiger partial charge in [-0.1, -0.05) is 13.3 Å². The highest BCUT2D eigenvalue weighted by Crippen LogP contribution is 2.37. The molecule has 82 valence electrons. The summed E-state index contributed by atoms with van der Waals surface area (Å²) in [7, 11) is 0. The lowest BCUT2D eigenvalue weighted by atomic mass is 9.90. The predicted molar refractivity (Wildman–Crippen MR) is 60.2 cm³/mol. The third kappa shape index (κ3) is 1.82. The summed E-state index contributed by atoms with van der Waals surface area (Å²) in [5, 5.41) is 0. The Morgan fingerprint density at radius 1 is 1.29 bits per heavy atom. The average molecular weight is 196 g/mol. The van der Waals surface area contributed by atoms with Gasteiger partial charge in [0.05, 0.1) is 0 Å². The fourth-order valence-electron chi connectivity index (χ4n) is 3.48. The number of rotatable bonds is 3. The van der Waals surface area contributed by atoms with Gasteiger partial charge in [-0.15, -0.1) is 0 Å². The van der Waals surface area contributed by atoms with E-state index in [0.717, 1.165) is 18.5 Å². The number of nitrogens with two attached hydrogens (primary N) is 1. The molecule has 0 aromatic heterocycles. The van der Waals surface area contributed by atoms with E-state index in [1.54, 1.807) is 0 Å². The topological polar surface area (TPSA) is 29.3 Å². The van der Waals surface area contributed by atoms with Crippen LogP contribution in [0.15, 0.2) is 0 Å². The van der Waals surface area contributed by atoms with Crippen LogP contribution in [0.4, 0.5) is 0 Å². The van der Waals surface area contributed by atoms with Crippen LogP contribution in [0.3, 0.4) is 0 Å². The summed E-state index contributed by atoms with van der Waals surface area (Å²) in [6.45, 7) is 4.42. The third-order valence-electron chi connectivity index (χ3n) is 4.25. The standard InChI is InChI=1S/C12H24N2/c1-2-11(9-13)14-8-4-6-10-5-3-7-12(10)14/h10-12H,2-9,13H2,1H3. The van der Waals surface area contributed by atoms with Crippen LogP contribution in [0.1, 0.15) is 45.4 Å². The van der Waals surface area contributed by atoms with Crippen molar-refractivity contribution in [3.8, 4) is 0 Å². The van der Waals surface area contributed by atoms with Crippen LogP contribution < -0.4 is 5.73 Å². The molecule has 2 fully saturated rings. The molecule has 0 amide bonds. The molecule has 0 radical (unpaired) electrons. The molecule has 2 rings (SSSR count). The van der Waals surface area contributed by atoms with Crippen LogP contribution in [0, 0.1) is 5.92 Å². The van der Waals surface area contributed by atoms with E-state index in [1.165, 1.54) is 45.1 Å². The molecule has 0 spiro atoms. The Kier molecular flexibility index (Phi) is 3.45. The minimum Gasteiger partial charge on any atom is -0.329 e. The second-order valence-electron chi connectivity index (χ2n) is 4.94. The van der Waals surface area contributed by atoms with Crippen molar-refractivity contribution < 1.29 is 0 Å². The molecule has 2 N–H and O–H groups in total. The lowest BCUT2D eigenvalue weighted by molar-refractivity contribution is 0.0687. The van der Waals surface area contributed by atoms with E-state index in [0.29, 0.717) is 6.04 Å². The molecule has 2 aliphatic rings. The maximum Gasteiger partial charge on any atom is 0.0218 e. The molecule has 3 atom stereocenters. The fourth-order valence-corrected chi connectivity index (χ4v) is 3.48. The van der Waals surface area contributed by atoms with Gasteiger partial charge in [-0.05, 0) is 44.6 Å². The van der Waals surface area contributed by atoms with Crippen LogP contribution in [0.2, 0.25) is 0 Å².